The Balaban J connectivity index is 1.27. The number of amides is 1. The number of β-lactam (4-membered cyclic amide) rings is 1. The standard InChI is InChI=1S/C38H40N6O2S/c1-25(2)26-20-22-30(23-21-26)38(28-15-8-6-9-16-28,29-17-10-7-11-18-29)39-32-35(45)44-33(37(3,4)47-36(32)44)34-40-41-42-43(34)24-27-14-12-13-19-31(27)46-5/h6-23,25,32-33,36,39H,24H2,1-5H3. The number of ether oxygens (including phenoxy) is 1. The number of benzene rings is 4. The summed E-state index contributed by atoms with van der Waals surface area (Å²) < 4.78 is 7.06. The van der Waals surface area contributed by atoms with E-state index in [0.717, 1.165) is 28.0 Å². The Morgan fingerprint density at radius 3 is 2.09 bits per heavy atom. The van der Waals surface area contributed by atoms with Crippen LogP contribution >= 0.6 is 11.8 Å². The van der Waals surface area contributed by atoms with E-state index in [-0.39, 0.29) is 22.1 Å². The fourth-order valence-electron chi connectivity index (χ4n) is 7.16. The highest BCUT2D eigenvalue weighted by Crippen LogP contribution is 2.57. The van der Waals surface area contributed by atoms with Gasteiger partial charge in [-0.25, -0.2) is 4.68 Å². The fourth-order valence-corrected chi connectivity index (χ4v) is 8.79. The molecule has 3 atom stereocenters. The molecule has 9 heteroatoms. The molecule has 2 aliphatic heterocycles. The van der Waals surface area contributed by atoms with Crippen LogP contribution in [0, 0.1) is 0 Å². The van der Waals surface area contributed by atoms with Crippen LogP contribution in [0.15, 0.2) is 109 Å². The summed E-state index contributed by atoms with van der Waals surface area (Å²) >= 11 is 1.80. The third-order valence-corrected chi connectivity index (χ3v) is 11.1. The summed E-state index contributed by atoms with van der Waals surface area (Å²) in [5, 5.41) is 16.8. The minimum Gasteiger partial charge on any atom is -0.496 e. The molecule has 2 aliphatic rings. The van der Waals surface area contributed by atoms with Gasteiger partial charge in [-0.2, -0.15) is 0 Å². The van der Waals surface area contributed by atoms with Crippen molar-refractivity contribution in [3.63, 3.8) is 0 Å². The summed E-state index contributed by atoms with van der Waals surface area (Å²) in [4.78, 5) is 16.5. The normalized spacial score (nSPS) is 20.3. The van der Waals surface area contributed by atoms with Gasteiger partial charge in [0, 0.05) is 10.3 Å². The van der Waals surface area contributed by atoms with Crippen LogP contribution < -0.4 is 10.1 Å². The van der Waals surface area contributed by atoms with Crippen molar-refractivity contribution in [3.8, 4) is 5.75 Å². The van der Waals surface area contributed by atoms with Gasteiger partial charge in [-0.05, 0) is 58.5 Å². The molecule has 1 N–H and O–H groups in total. The summed E-state index contributed by atoms with van der Waals surface area (Å²) in [5.74, 6) is 1.90. The lowest BCUT2D eigenvalue weighted by molar-refractivity contribution is -0.150. The predicted molar refractivity (Wildman–Crippen MR) is 185 cm³/mol. The zero-order valence-electron chi connectivity index (χ0n) is 27.4. The average molecular weight is 645 g/mol. The second-order valence-corrected chi connectivity index (χ2v) is 14.9. The van der Waals surface area contributed by atoms with E-state index in [1.54, 1.807) is 23.6 Å². The molecule has 8 nitrogen and oxygen atoms in total. The van der Waals surface area contributed by atoms with Crippen molar-refractivity contribution in [1.82, 2.24) is 30.4 Å². The highest BCUT2D eigenvalue weighted by atomic mass is 32.2. The number of hydrogen-bond donors (Lipinski definition) is 1. The number of methoxy groups -OCH3 is 1. The molecule has 0 spiro atoms. The number of fused-ring (bicyclic) bond motifs is 1. The Kier molecular flexibility index (Phi) is 8.14. The number of nitrogens with zero attached hydrogens (tertiary/aromatic N) is 5. The molecular formula is C38H40N6O2S. The largest absolute Gasteiger partial charge is 0.496 e. The van der Waals surface area contributed by atoms with E-state index in [4.69, 9.17) is 4.74 Å². The number of carbonyl (C=O) groups is 1. The summed E-state index contributed by atoms with van der Waals surface area (Å²) in [7, 11) is 1.66. The topological polar surface area (TPSA) is 85.2 Å². The molecule has 7 rings (SSSR count). The highest BCUT2D eigenvalue weighted by Gasteiger charge is 2.64. The number of rotatable bonds is 10. The van der Waals surface area contributed by atoms with E-state index in [0.29, 0.717) is 18.3 Å². The molecule has 0 saturated carbocycles. The van der Waals surface area contributed by atoms with Gasteiger partial charge in [0.15, 0.2) is 5.82 Å². The van der Waals surface area contributed by atoms with Crippen LogP contribution in [0.5, 0.6) is 5.75 Å². The molecule has 3 heterocycles. The molecule has 0 bridgehead atoms. The molecule has 1 amide bonds. The molecule has 5 aromatic rings. The first-order chi connectivity index (χ1) is 22.7. The van der Waals surface area contributed by atoms with Crippen LogP contribution in [-0.4, -0.2) is 54.3 Å². The van der Waals surface area contributed by atoms with Crippen LogP contribution in [0.1, 0.15) is 73.3 Å². The molecule has 4 aromatic carbocycles. The zero-order valence-corrected chi connectivity index (χ0v) is 28.2. The van der Waals surface area contributed by atoms with E-state index in [2.05, 4.69) is 121 Å². The smallest absolute Gasteiger partial charge is 0.244 e. The minimum atomic E-state index is -0.765. The number of aromatic nitrogens is 4. The van der Waals surface area contributed by atoms with E-state index < -0.39 is 11.6 Å². The van der Waals surface area contributed by atoms with Gasteiger partial charge in [0.05, 0.1) is 19.2 Å². The van der Waals surface area contributed by atoms with Crippen molar-refractivity contribution in [2.45, 2.75) is 67.9 Å². The van der Waals surface area contributed by atoms with Gasteiger partial charge in [0.25, 0.3) is 0 Å². The van der Waals surface area contributed by atoms with Gasteiger partial charge in [0.2, 0.25) is 5.91 Å². The third-order valence-electron chi connectivity index (χ3n) is 9.55. The van der Waals surface area contributed by atoms with Crippen LogP contribution in [0.25, 0.3) is 0 Å². The van der Waals surface area contributed by atoms with Gasteiger partial charge in [-0.15, -0.1) is 16.9 Å². The lowest BCUT2D eigenvalue weighted by atomic mass is 9.75. The monoisotopic (exact) mass is 644 g/mol. The summed E-state index contributed by atoms with van der Waals surface area (Å²) in [5.41, 5.74) is 4.72. The summed E-state index contributed by atoms with van der Waals surface area (Å²) in [6.07, 6.45) is 0. The molecule has 240 valence electrons. The SMILES string of the molecule is COc1ccccc1Cn1nnnc1C1N2C(=O)C(NC(c3ccccc3)(c3ccccc3)c3ccc(C(C)C)cc3)C2SC1(C)C. The first kappa shape index (κ1) is 31.1. The van der Waals surface area contributed by atoms with Gasteiger partial charge < -0.3 is 9.64 Å². The molecule has 0 aliphatic carbocycles. The van der Waals surface area contributed by atoms with E-state index in [1.165, 1.54) is 5.56 Å². The number of carbonyl (C=O) groups excluding carboxylic acids is 1. The summed E-state index contributed by atoms with van der Waals surface area (Å²) in [6.45, 7) is 9.21. The summed E-state index contributed by atoms with van der Waals surface area (Å²) in [6, 6.07) is 36.9. The van der Waals surface area contributed by atoms with Crippen molar-refractivity contribution < 1.29 is 9.53 Å². The van der Waals surface area contributed by atoms with Gasteiger partial charge >= 0.3 is 0 Å². The first-order valence-corrected chi connectivity index (χ1v) is 17.0. The second-order valence-electron chi connectivity index (χ2n) is 13.1. The van der Waals surface area contributed by atoms with Crippen LogP contribution in [-0.2, 0) is 16.9 Å². The maximum Gasteiger partial charge on any atom is 0.244 e. The van der Waals surface area contributed by atoms with Crippen LogP contribution in [0.4, 0.5) is 0 Å². The van der Waals surface area contributed by atoms with E-state index in [9.17, 15) is 4.79 Å². The van der Waals surface area contributed by atoms with Crippen molar-refractivity contribution in [3.05, 3.63) is 143 Å². The number of nitrogens with one attached hydrogen (secondary N) is 1. The lowest BCUT2D eigenvalue weighted by Crippen LogP contribution is -2.70. The van der Waals surface area contributed by atoms with Crippen molar-refractivity contribution in [2.75, 3.05) is 7.11 Å². The van der Waals surface area contributed by atoms with Gasteiger partial charge in [-0.3, -0.25) is 10.1 Å². The Bertz CT molecular complexity index is 1820. The Morgan fingerprint density at radius 1 is 0.872 bits per heavy atom. The maximum atomic E-state index is 14.5. The highest BCUT2D eigenvalue weighted by molar-refractivity contribution is 8.01. The number of tetrazole rings is 1. The van der Waals surface area contributed by atoms with Crippen LogP contribution in [0.3, 0.4) is 0 Å². The third kappa shape index (κ3) is 5.31. The Hall–Kier alpha value is -4.47. The molecular weight excluding hydrogens is 605 g/mol. The fraction of sp³-hybridized carbons (Fsp3) is 0.316. The van der Waals surface area contributed by atoms with Gasteiger partial charge in [0.1, 0.15) is 23.2 Å². The van der Waals surface area contributed by atoms with Crippen LogP contribution in [0.2, 0.25) is 0 Å². The molecule has 0 radical (unpaired) electrons. The molecule has 1 aromatic heterocycles. The quantitative estimate of drug-likeness (QED) is 0.137. The van der Waals surface area contributed by atoms with Crippen molar-refractivity contribution in [1.29, 1.82) is 0 Å². The van der Waals surface area contributed by atoms with Crippen molar-refractivity contribution >= 4 is 17.7 Å². The Morgan fingerprint density at radius 2 is 1.47 bits per heavy atom. The van der Waals surface area contributed by atoms with E-state index in [1.807, 2.05) is 41.3 Å². The zero-order chi connectivity index (χ0) is 32.8. The molecule has 47 heavy (non-hydrogen) atoms. The van der Waals surface area contributed by atoms with Gasteiger partial charge in [-0.1, -0.05) is 117 Å². The maximum absolute atomic E-state index is 14.5. The lowest BCUT2D eigenvalue weighted by Gasteiger charge is -2.49. The molecule has 3 unspecified atom stereocenters. The average Bonchev–Trinajstić information content (AvgIpc) is 3.65. The minimum absolute atomic E-state index is 0.0416. The van der Waals surface area contributed by atoms with Crippen molar-refractivity contribution in [2.24, 2.45) is 0 Å². The number of para-hydroxylation sites is 1. The van der Waals surface area contributed by atoms with E-state index >= 15 is 0 Å². The molecule has 2 saturated heterocycles. The number of hydrogen-bond acceptors (Lipinski definition) is 7. The second kappa shape index (κ2) is 12.3. The predicted octanol–water partition coefficient (Wildman–Crippen LogP) is 6.54. The number of thioether (sulfide) groups is 1. The Labute approximate surface area is 280 Å². The first-order valence-electron chi connectivity index (χ1n) is 16.1. The molecule has 2 fully saturated rings.